The minimum atomic E-state index is 0. The lowest BCUT2D eigenvalue weighted by atomic mass is 10.2. The van der Waals surface area contributed by atoms with Gasteiger partial charge >= 0.3 is 0 Å². The van der Waals surface area contributed by atoms with Crippen LogP contribution in [-0.2, 0) is 6.54 Å². The molecule has 1 aromatic rings. The van der Waals surface area contributed by atoms with Crippen LogP contribution < -0.4 is 10.1 Å². The van der Waals surface area contributed by atoms with E-state index in [1.54, 1.807) is 7.11 Å². The highest BCUT2D eigenvalue weighted by Gasteiger charge is 1.93. The molecular formula is C10H16ClNO. The van der Waals surface area contributed by atoms with Gasteiger partial charge in [0.1, 0.15) is 5.75 Å². The van der Waals surface area contributed by atoms with Crippen molar-refractivity contribution in [1.82, 2.24) is 5.32 Å². The lowest BCUT2D eigenvalue weighted by molar-refractivity contribution is 0.414. The Hall–Kier alpha value is -0.730. The maximum Gasteiger partial charge on any atom is 0.119 e. The average Bonchev–Trinajstić information content (AvgIpc) is 2.15. The molecular weight excluding hydrogens is 186 g/mol. The molecule has 0 saturated carbocycles. The second-order valence-electron chi connectivity index (χ2n) is 2.63. The van der Waals surface area contributed by atoms with E-state index in [2.05, 4.69) is 18.3 Å². The first-order valence-corrected chi connectivity index (χ1v) is 4.20. The largest absolute Gasteiger partial charge is 0.497 e. The molecule has 0 unspecified atom stereocenters. The number of rotatable bonds is 4. The van der Waals surface area contributed by atoms with Crippen molar-refractivity contribution in [1.29, 1.82) is 0 Å². The van der Waals surface area contributed by atoms with Gasteiger partial charge in [-0.15, -0.1) is 12.4 Å². The maximum absolute atomic E-state index is 5.11. The van der Waals surface area contributed by atoms with Gasteiger partial charge in [0.15, 0.2) is 0 Å². The normalized spacial score (nSPS) is 9.08. The summed E-state index contributed by atoms with van der Waals surface area (Å²) in [6, 6.07) is 8.09. The molecule has 0 bridgehead atoms. The molecule has 74 valence electrons. The highest BCUT2D eigenvalue weighted by atomic mass is 35.5. The maximum atomic E-state index is 5.11. The van der Waals surface area contributed by atoms with Crippen LogP contribution in [0.25, 0.3) is 0 Å². The molecule has 0 amide bonds. The van der Waals surface area contributed by atoms with Gasteiger partial charge in [0.05, 0.1) is 7.11 Å². The van der Waals surface area contributed by atoms with Crippen LogP contribution in [0.5, 0.6) is 5.75 Å². The van der Waals surface area contributed by atoms with Crippen molar-refractivity contribution in [3.63, 3.8) is 0 Å². The first-order valence-electron chi connectivity index (χ1n) is 4.20. The van der Waals surface area contributed by atoms with Gasteiger partial charge in [0, 0.05) is 6.54 Å². The molecule has 0 aromatic heterocycles. The van der Waals surface area contributed by atoms with Gasteiger partial charge < -0.3 is 10.1 Å². The predicted octanol–water partition coefficient (Wildman–Crippen LogP) is 2.23. The van der Waals surface area contributed by atoms with E-state index in [9.17, 15) is 0 Å². The molecule has 13 heavy (non-hydrogen) atoms. The van der Waals surface area contributed by atoms with Crippen molar-refractivity contribution in [3.8, 4) is 5.75 Å². The zero-order valence-corrected chi connectivity index (χ0v) is 8.86. The fourth-order valence-corrected chi connectivity index (χ4v) is 1.05. The Kier molecular flexibility index (Phi) is 6.37. The van der Waals surface area contributed by atoms with E-state index < -0.39 is 0 Å². The van der Waals surface area contributed by atoms with Crippen LogP contribution in [-0.4, -0.2) is 13.7 Å². The molecule has 1 aromatic carbocycles. The number of ether oxygens (including phenoxy) is 1. The minimum absolute atomic E-state index is 0. The fraction of sp³-hybridized carbons (Fsp3) is 0.400. The predicted molar refractivity (Wildman–Crippen MR) is 57.6 cm³/mol. The second-order valence-corrected chi connectivity index (χ2v) is 2.63. The molecule has 1 rings (SSSR count). The summed E-state index contributed by atoms with van der Waals surface area (Å²) >= 11 is 0. The Bertz CT molecular complexity index is 240. The van der Waals surface area contributed by atoms with Crippen LogP contribution >= 0.6 is 12.4 Å². The number of halogens is 1. The summed E-state index contributed by atoms with van der Waals surface area (Å²) < 4.78 is 5.11. The summed E-state index contributed by atoms with van der Waals surface area (Å²) in [4.78, 5) is 0. The highest BCUT2D eigenvalue weighted by Crippen LogP contribution is 2.11. The van der Waals surface area contributed by atoms with E-state index >= 15 is 0 Å². The Morgan fingerprint density at radius 2 is 2.15 bits per heavy atom. The monoisotopic (exact) mass is 201 g/mol. The van der Waals surface area contributed by atoms with Gasteiger partial charge in [-0.25, -0.2) is 0 Å². The molecule has 0 saturated heterocycles. The summed E-state index contributed by atoms with van der Waals surface area (Å²) in [5.74, 6) is 0.922. The van der Waals surface area contributed by atoms with Gasteiger partial charge in [-0.3, -0.25) is 0 Å². The second kappa shape index (κ2) is 6.75. The van der Waals surface area contributed by atoms with Gasteiger partial charge in [-0.2, -0.15) is 0 Å². The van der Waals surface area contributed by atoms with Crippen LogP contribution in [0.1, 0.15) is 12.5 Å². The van der Waals surface area contributed by atoms with Gasteiger partial charge in [-0.05, 0) is 24.2 Å². The summed E-state index contributed by atoms with van der Waals surface area (Å²) in [5, 5.41) is 3.26. The third-order valence-electron chi connectivity index (χ3n) is 1.71. The molecule has 3 heteroatoms. The summed E-state index contributed by atoms with van der Waals surface area (Å²) in [6.07, 6.45) is 0. The SMILES string of the molecule is CCNCc1cccc(OC)c1.Cl. The quantitative estimate of drug-likeness (QED) is 0.807. The minimum Gasteiger partial charge on any atom is -0.497 e. The molecule has 1 N–H and O–H groups in total. The first-order chi connectivity index (χ1) is 5.86. The van der Waals surface area contributed by atoms with Crippen molar-refractivity contribution >= 4 is 12.4 Å². The highest BCUT2D eigenvalue weighted by molar-refractivity contribution is 5.85. The Morgan fingerprint density at radius 3 is 2.77 bits per heavy atom. The third-order valence-corrected chi connectivity index (χ3v) is 1.71. The number of benzene rings is 1. The van der Waals surface area contributed by atoms with Gasteiger partial charge in [-0.1, -0.05) is 19.1 Å². The topological polar surface area (TPSA) is 21.3 Å². The fourth-order valence-electron chi connectivity index (χ4n) is 1.05. The molecule has 2 nitrogen and oxygen atoms in total. The zero-order valence-electron chi connectivity index (χ0n) is 8.04. The molecule has 0 aliphatic heterocycles. The van der Waals surface area contributed by atoms with E-state index in [0.717, 1.165) is 18.8 Å². The van der Waals surface area contributed by atoms with Crippen molar-refractivity contribution in [2.75, 3.05) is 13.7 Å². The van der Waals surface area contributed by atoms with Crippen LogP contribution in [0.2, 0.25) is 0 Å². The number of nitrogens with one attached hydrogen (secondary N) is 1. The van der Waals surface area contributed by atoms with Crippen molar-refractivity contribution in [3.05, 3.63) is 29.8 Å². The molecule has 0 heterocycles. The van der Waals surface area contributed by atoms with E-state index in [0.29, 0.717) is 0 Å². The van der Waals surface area contributed by atoms with Crippen LogP contribution in [0.15, 0.2) is 24.3 Å². The van der Waals surface area contributed by atoms with Gasteiger partial charge in [0.2, 0.25) is 0 Å². The summed E-state index contributed by atoms with van der Waals surface area (Å²) in [5.41, 5.74) is 1.26. The third kappa shape index (κ3) is 4.15. The Morgan fingerprint density at radius 1 is 1.38 bits per heavy atom. The molecule has 0 fully saturated rings. The van der Waals surface area contributed by atoms with E-state index in [1.807, 2.05) is 18.2 Å². The van der Waals surface area contributed by atoms with E-state index in [1.165, 1.54) is 5.56 Å². The van der Waals surface area contributed by atoms with Crippen molar-refractivity contribution < 1.29 is 4.74 Å². The molecule has 0 aliphatic carbocycles. The summed E-state index contributed by atoms with van der Waals surface area (Å²) in [6.45, 7) is 4.01. The Labute approximate surface area is 85.7 Å². The van der Waals surface area contributed by atoms with Crippen LogP contribution in [0, 0.1) is 0 Å². The molecule has 0 atom stereocenters. The zero-order chi connectivity index (χ0) is 8.81. The van der Waals surface area contributed by atoms with E-state index in [-0.39, 0.29) is 12.4 Å². The molecule has 0 radical (unpaired) electrons. The number of hydrogen-bond donors (Lipinski definition) is 1. The summed E-state index contributed by atoms with van der Waals surface area (Å²) in [7, 11) is 1.69. The number of hydrogen-bond acceptors (Lipinski definition) is 2. The molecule has 0 spiro atoms. The van der Waals surface area contributed by atoms with Crippen LogP contribution in [0.4, 0.5) is 0 Å². The first kappa shape index (κ1) is 12.3. The Balaban J connectivity index is 0.00000144. The van der Waals surface area contributed by atoms with Crippen molar-refractivity contribution in [2.24, 2.45) is 0 Å². The number of methoxy groups -OCH3 is 1. The average molecular weight is 202 g/mol. The lowest BCUT2D eigenvalue weighted by Gasteiger charge is -2.04. The van der Waals surface area contributed by atoms with Crippen molar-refractivity contribution in [2.45, 2.75) is 13.5 Å². The van der Waals surface area contributed by atoms with Gasteiger partial charge in [0.25, 0.3) is 0 Å². The standard InChI is InChI=1S/C10H15NO.ClH/c1-3-11-8-9-5-4-6-10(7-9)12-2;/h4-7,11H,3,8H2,1-2H3;1H. The smallest absolute Gasteiger partial charge is 0.119 e. The molecule has 0 aliphatic rings. The lowest BCUT2D eigenvalue weighted by Crippen LogP contribution is -2.11. The van der Waals surface area contributed by atoms with Crippen LogP contribution in [0.3, 0.4) is 0 Å². The van der Waals surface area contributed by atoms with E-state index in [4.69, 9.17) is 4.74 Å².